The van der Waals surface area contributed by atoms with Crippen molar-refractivity contribution in [2.75, 3.05) is 18.4 Å². The third-order valence-corrected chi connectivity index (χ3v) is 9.44. The second kappa shape index (κ2) is 12.0. The van der Waals surface area contributed by atoms with Gasteiger partial charge in [0.2, 0.25) is 5.89 Å². The minimum Gasteiger partial charge on any atom is -0.481 e. The smallest absolute Gasteiger partial charge is 0.307 e. The molecule has 234 valence electrons. The zero-order valence-corrected chi connectivity index (χ0v) is 26.3. The van der Waals surface area contributed by atoms with E-state index in [1.807, 2.05) is 24.4 Å². The number of carboxylic acid groups (broad SMARTS) is 1. The Labute approximate surface area is 271 Å². The molecule has 4 heterocycles. The number of carbonyl (C=O) groups is 1. The summed E-state index contributed by atoms with van der Waals surface area (Å²) >= 11 is 6.41. The number of halogens is 1. The molecule has 1 aliphatic heterocycles. The Bertz CT molecular complexity index is 2030. The predicted octanol–water partition coefficient (Wildman–Crippen LogP) is 7.17. The third-order valence-electron chi connectivity index (χ3n) is 9.15. The minimum atomic E-state index is -0.725. The van der Waals surface area contributed by atoms with Crippen LogP contribution in [0.15, 0.2) is 89.3 Å². The summed E-state index contributed by atoms with van der Waals surface area (Å²) in [5.74, 6) is 0.166. The fourth-order valence-electron chi connectivity index (χ4n) is 6.59. The van der Waals surface area contributed by atoms with Gasteiger partial charge < -0.3 is 19.9 Å². The number of aliphatic hydroxyl groups is 1. The maximum Gasteiger partial charge on any atom is 0.307 e. The van der Waals surface area contributed by atoms with Gasteiger partial charge in [0.05, 0.1) is 17.5 Å². The van der Waals surface area contributed by atoms with Gasteiger partial charge in [-0.3, -0.25) is 14.7 Å². The molecule has 0 spiro atoms. The minimum absolute atomic E-state index is 0.0403. The maximum absolute atomic E-state index is 11.4. The number of fused-ring (bicyclic) bond motifs is 2. The van der Waals surface area contributed by atoms with Crippen LogP contribution in [-0.4, -0.2) is 49.1 Å². The quantitative estimate of drug-likeness (QED) is 0.163. The van der Waals surface area contributed by atoms with Gasteiger partial charge in [0.1, 0.15) is 11.0 Å². The van der Waals surface area contributed by atoms with E-state index in [9.17, 15) is 15.0 Å². The average molecular weight is 636 g/mol. The molecule has 2 aliphatic rings. The first-order valence-corrected chi connectivity index (χ1v) is 15.7. The van der Waals surface area contributed by atoms with E-state index in [2.05, 4.69) is 70.5 Å². The van der Waals surface area contributed by atoms with Crippen molar-refractivity contribution in [2.45, 2.75) is 39.3 Å². The van der Waals surface area contributed by atoms with E-state index >= 15 is 0 Å². The lowest BCUT2D eigenvalue weighted by Gasteiger charge is -2.38. The summed E-state index contributed by atoms with van der Waals surface area (Å²) in [6.07, 6.45) is 10.7. The molecular formula is C36H34ClN5O4. The molecule has 5 aromatic rings. The topological polar surface area (TPSA) is 125 Å². The second-order valence-corrected chi connectivity index (χ2v) is 13.1. The van der Waals surface area contributed by atoms with Crippen LogP contribution < -0.4 is 5.32 Å². The summed E-state index contributed by atoms with van der Waals surface area (Å²) in [6.45, 7) is 6.29. The summed E-state index contributed by atoms with van der Waals surface area (Å²) in [7, 11) is 0. The van der Waals surface area contributed by atoms with Crippen molar-refractivity contribution in [1.82, 2.24) is 19.9 Å². The van der Waals surface area contributed by atoms with Crippen molar-refractivity contribution >= 4 is 45.4 Å². The van der Waals surface area contributed by atoms with E-state index in [-0.39, 0.29) is 23.9 Å². The Morgan fingerprint density at radius 2 is 2.02 bits per heavy atom. The molecule has 10 heteroatoms. The Balaban J connectivity index is 1.12. The van der Waals surface area contributed by atoms with Gasteiger partial charge in [-0.1, -0.05) is 49.7 Å². The number of likely N-dealkylation sites (tertiary alicyclic amines) is 1. The first-order valence-electron chi connectivity index (χ1n) is 15.3. The molecule has 46 heavy (non-hydrogen) atoms. The van der Waals surface area contributed by atoms with E-state index in [0.717, 1.165) is 39.8 Å². The van der Waals surface area contributed by atoms with Crippen LogP contribution in [-0.2, 0) is 17.9 Å². The zero-order chi connectivity index (χ0) is 32.0. The van der Waals surface area contributed by atoms with Gasteiger partial charge in [0, 0.05) is 53.5 Å². The van der Waals surface area contributed by atoms with E-state index in [4.69, 9.17) is 21.0 Å². The summed E-state index contributed by atoms with van der Waals surface area (Å²) < 4.78 is 6.07. The molecule has 1 aliphatic carbocycles. The first kappa shape index (κ1) is 30.1. The van der Waals surface area contributed by atoms with Crippen molar-refractivity contribution in [3.8, 4) is 11.5 Å². The van der Waals surface area contributed by atoms with E-state index < -0.39 is 5.97 Å². The molecule has 3 aromatic heterocycles. The summed E-state index contributed by atoms with van der Waals surface area (Å²) in [6, 6.07) is 15.7. The molecule has 0 saturated carbocycles. The number of pyridine rings is 2. The molecule has 7 rings (SSSR count). The molecule has 2 aromatic carbocycles. The Morgan fingerprint density at radius 1 is 1.15 bits per heavy atom. The Hall–Kier alpha value is -4.57. The van der Waals surface area contributed by atoms with Crippen LogP contribution in [0.5, 0.6) is 0 Å². The van der Waals surface area contributed by atoms with Gasteiger partial charge in [-0.05, 0) is 72.1 Å². The van der Waals surface area contributed by atoms with Gasteiger partial charge >= 0.3 is 5.97 Å². The fourth-order valence-corrected chi connectivity index (χ4v) is 6.87. The number of aliphatic carboxylic acids is 1. The molecule has 0 radical (unpaired) electrons. The standard InChI is InChI=1S/C36H34ClN5O4/c1-36(2)27(23-5-3-6-25(16-23)34-40-29-15-21(20-43)14-28(37)32(29)46-34)7-4-8-30(36)41-33-31-24(9-11-38-33)13-22(17-39-31)18-42-12-10-26(19-42)35(44)45/h3-9,11,13-17,26-27,43H,10,12,18-20H2,1-2H3,(H,38,41)(H,44,45)/t26-,27?/m1/s1. The molecule has 1 fully saturated rings. The Morgan fingerprint density at radius 3 is 2.83 bits per heavy atom. The van der Waals surface area contributed by atoms with E-state index in [1.165, 1.54) is 0 Å². The van der Waals surface area contributed by atoms with Gasteiger partial charge in [-0.25, -0.2) is 9.97 Å². The molecule has 1 saturated heterocycles. The number of anilines is 1. The number of nitrogens with zero attached hydrogens (tertiary/aromatic N) is 4. The van der Waals surface area contributed by atoms with Crippen molar-refractivity contribution < 1.29 is 19.4 Å². The molecule has 2 atom stereocenters. The number of nitrogens with one attached hydrogen (secondary N) is 1. The third kappa shape index (κ3) is 5.66. The highest BCUT2D eigenvalue weighted by Crippen LogP contribution is 2.46. The lowest BCUT2D eigenvalue weighted by molar-refractivity contribution is -0.141. The van der Waals surface area contributed by atoms with Crippen LogP contribution in [0.3, 0.4) is 0 Å². The number of carboxylic acids is 1. The normalized spacial score (nSPS) is 19.5. The SMILES string of the molecule is CC1(C)C(Nc2nccc3cc(CN4CC[C@@H](C(=O)O)C4)cnc23)=CC=CC1c1cccc(-c2nc3cc(CO)cc(Cl)c3o2)c1. The average Bonchev–Trinajstić information content (AvgIpc) is 3.70. The van der Waals surface area contributed by atoms with Gasteiger partial charge in [-0.2, -0.15) is 0 Å². The van der Waals surface area contributed by atoms with Crippen LogP contribution in [0.1, 0.15) is 42.9 Å². The number of rotatable bonds is 8. The maximum atomic E-state index is 11.4. The molecular weight excluding hydrogens is 602 g/mol. The number of hydrogen-bond donors (Lipinski definition) is 3. The van der Waals surface area contributed by atoms with Crippen LogP contribution in [0.4, 0.5) is 5.82 Å². The molecule has 3 N–H and O–H groups in total. The number of oxazole rings is 1. The number of benzene rings is 2. The van der Waals surface area contributed by atoms with Crippen molar-refractivity contribution in [3.63, 3.8) is 0 Å². The number of allylic oxidation sites excluding steroid dienone is 4. The zero-order valence-electron chi connectivity index (χ0n) is 25.6. The number of hydrogen-bond acceptors (Lipinski definition) is 8. The van der Waals surface area contributed by atoms with Crippen molar-refractivity contribution in [1.29, 1.82) is 0 Å². The van der Waals surface area contributed by atoms with Crippen LogP contribution in [0.25, 0.3) is 33.5 Å². The molecule has 0 bridgehead atoms. The van der Waals surface area contributed by atoms with E-state index in [1.54, 1.807) is 18.3 Å². The van der Waals surface area contributed by atoms with Crippen LogP contribution in [0, 0.1) is 11.3 Å². The Kier molecular flexibility index (Phi) is 7.84. The summed E-state index contributed by atoms with van der Waals surface area (Å²) in [5.41, 5.74) is 6.25. The lowest BCUT2D eigenvalue weighted by atomic mass is 9.70. The summed E-state index contributed by atoms with van der Waals surface area (Å²) in [4.78, 5) is 27.7. The van der Waals surface area contributed by atoms with Crippen LogP contribution in [0.2, 0.25) is 5.02 Å². The number of aliphatic hydroxyl groups excluding tert-OH is 1. The molecule has 0 amide bonds. The highest BCUT2D eigenvalue weighted by Gasteiger charge is 2.35. The van der Waals surface area contributed by atoms with Crippen LogP contribution >= 0.6 is 11.6 Å². The molecule has 1 unspecified atom stereocenters. The highest BCUT2D eigenvalue weighted by atomic mass is 35.5. The van der Waals surface area contributed by atoms with Gasteiger partial charge in [0.25, 0.3) is 0 Å². The highest BCUT2D eigenvalue weighted by molar-refractivity contribution is 6.34. The van der Waals surface area contributed by atoms with Crippen molar-refractivity contribution in [3.05, 3.63) is 107 Å². The largest absolute Gasteiger partial charge is 0.481 e. The second-order valence-electron chi connectivity index (χ2n) is 12.7. The molecule has 9 nitrogen and oxygen atoms in total. The van der Waals surface area contributed by atoms with Gasteiger partial charge in [0.15, 0.2) is 11.4 Å². The van der Waals surface area contributed by atoms with Crippen molar-refractivity contribution in [2.24, 2.45) is 11.3 Å². The monoisotopic (exact) mass is 635 g/mol. The first-order chi connectivity index (χ1) is 22.2. The fraction of sp³-hybridized carbons (Fsp3) is 0.278. The lowest BCUT2D eigenvalue weighted by Crippen LogP contribution is -2.29. The summed E-state index contributed by atoms with van der Waals surface area (Å²) in [5, 5.41) is 23.9. The van der Waals surface area contributed by atoms with Gasteiger partial charge in [-0.15, -0.1) is 0 Å². The number of aromatic nitrogens is 3. The van der Waals surface area contributed by atoms with E-state index in [0.29, 0.717) is 52.9 Å². The predicted molar refractivity (Wildman–Crippen MR) is 178 cm³/mol.